The number of nitrogens with zero attached hydrogens (tertiary/aromatic N) is 1. The standard InChI is InChI=1S/C22H28N2O4S/c1-16(29-19-8-9-20(26-2)21(14-19)27-3)22(25)23-15-17-4-6-18(7-5-17)24-10-12-28-13-11-24/h4-9,14,16H,10-13,15H2,1-3H3,(H,23,25). The zero-order valence-corrected chi connectivity index (χ0v) is 18.0. The molecular formula is C22H28N2O4S. The van der Waals surface area contributed by atoms with E-state index in [4.69, 9.17) is 14.2 Å². The summed E-state index contributed by atoms with van der Waals surface area (Å²) in [6.45, 7) is 5.79. The lowest BCUT2D eigenvalue weighted by Crippen LogP contribution is -2.36. The topological polar surface area (TPSA) is 60.0 Å². The minimum atomic E-state index is -0.222. The zero-order valence-electron chi connectivity index (χ0n) is 17.1. The summed E-state index contributed by atoms with van der Waals surface area (Å²) in [6, 6.07) is 14.0. The third-order valence-electron chi connectivity index (χ3n) is 4.82. The van der Waals surface area contributed by atoms with E-state index in [0.29, 0.717) is 18.0 Å². The SMILES string of the molecule is COc1ccc(SC(C)C(=O)NCc2ccc(N3CCOCC3)cc2)cc1OC. The first-order valence-corrected chi connectivity index (χ1v) is 10.6. The number of benzene rings is 2. The van der Waals surface area contributed by atoms with Crippen molar-refractivity contribution in [2.75, 3.05) is 45.4 Å². The third-order valence-corrected chi connectivity index (χ3v) is 5.91. The Morgan fingerprint density at radius 3 is 2.45 bits per heavy atom. The highest BCUT2D eigenvalue weighted by molar-refractivity contribution is 8.00. The maximum atomic E-state index is 12.5. The molecule has 1 fully saturated rings. The van der Waals surface area contributed by atoms with Gasteiger partial charge in [-0.15, -0.1) is 11.8 Å². The molecule has 0 saturated carbocycles. The number of nitrogens with one attached hydrogen (secondary N) is 1. The van der Waals surface area contributed by atoms with Crippen LogP contribution < -0.4 is 19.7 Å². The Morgan fingerprint density at radius 2 is 1.79 bits per heavy atom. The van der Waals surface area contributed by atoms with Gasteiger partial charge in [0.05, 0.1) is 32.7 Å². The minimum absolute atomic E-state index is 0.00189. The van der Waals surface area contributed by atoms with E-state index in [0.717, 1.165) is 36.8 Å². The van der Waals surface area contributed by atoms with Crippen LogP contribution in [0.4, 0.5) is 5.69 Å². The number of carbonyl (C=O) groups is 1. The molecule has 1 amide bonds. The first-order valence-electron chi connectivity index (χ1n) is 9.68. The number of ether oxygens (including phenoxy) is 3. The summed E-state index contributed by atoms with van der Waals surface area (Å²) in [7, 11) is 3.21. The Hall–Kier alpha value is -2.38. The van der Waals surface area contributed by atoms with Crippen LogP contribution in [0.15, 0.2) is 47.4 Å². The predicted octanol–water partition coefficient (Wildman–Crippen LogP) is 3.34. The van der Waals surface area contributed by atoms with Crippen molar-refractivity contribution in [3.8, 4) is 11.5 Å². The Kier molecular flexibility index (Phi) is 7.66. The molecule has 0 aliphatic carbocycles. The number of hydrogen-bond acceptors (Lipinski definition) is 6. The van der Waals surface area contributed by atoms with Crippen molar-refractivity contribution in [3.63, 3.8) is 0 Å². The molecule has 3 rings (SSSR count). The lowest BCUT2D eigenvalue weighted by Gasteiger charge is -2.28. The maximum absolute atomic E-state index is 12.5. The summed E-state index contributed by atoms with van der Waals surface area (Å²) < 4.78 is 16.0. The van der Waals surface area contributed by atoms with Crippen molar-refractivity contribution in [1.82, 2.24) is 5.32 Å². The second-order valence-corrected chi connectivity index (χ2v) is 8.17. The van der Waals surface area contributed by atoms with E-state index in [1.165, 1.54) is 17.4 Å². The average molecular weight is 417 g/mol. The molecule has 2 aromatic rings. The van der Waals surface area contributed by atoms with Crippen molar-refractivity contribution < 1.29 is 19.0 Å². The van der Waals surface area contributed by atoms with Crippen molar-refractivity contribution in [3.05, 3.63) is 48.0 Å². The maximum Gasteiger partial charge on any atom is 0.233 e. The number of thioether (sulfide) groups is 1. The lowest BCUT2D eigenvalue weighted by atomic mass is 10.2. The Labute approximate surface area is 176 Å². The Balaban J connectivity index is 1.51. The highest BCUT2D eigenvalue weighted by Gasteiger charge is 2.16. The number of anilines is 1. The second-order valence-electron chi connectivity index (χ2n) is 6.76. The summed E-state index contributed by atoms with van der Waals surface area (Å²) in [5.41, 5.74) is 2.28. The van der Waals surface area contributed by atoms with E-state index < -0.39 is 0 Å². The average Bonchev–Trinajstić information content (AvgIpc) is 2.78. The number of methoxy groups -OCH3 is 2. The molecule has 29 heavy (non-hydrogen) atoms. The number of amides is 1. The van der Waals surface area contributed by atoms with E-state index in [1.807, 2.05) is 25.1 Å². The van der Waals surface area contributed by atoms with E-state index >= 15 is 0 Å². The molecule has 2 aromatic carbocycles. The van der Waals surface area contributed by atoms with E-state index in [-0.39, 0.29) is 11.2 Å². The molecule has 7 heteroatoms. The summed E-state index contributed by atoms with van der Waals surface area (Å²) in [6.07, 6.45) is 0. The molecule has 6 nitrogen and oxygen atoms in total. The molecule has 1 aliphatic rings. The number of rotatable bonds is 8. The molecule has 0 radical (unpaired) electrons. The Morgan fingerprint density at radius 1 is 1.10 bits per heavy atom. The Bertz CT molecular complexity index is 807. The van der Waals surface area contributed by atoms with Gasteiger partial charge in [-0.05, 0) is 42.8 Å². The van der Waals surface area contributed by atoms with Crippen molar-refractivity contribution in [1.29, 1.82) is 0 Å². The quantitative estimate of drug-likeness (QED) is 0.666. The summed E-state index contributed by atoms with van der Waals surface area (Å²) >= 11 is 1.49. The fraction of sp³-hybridized carbons (Fsp3) is 0.409. The molecule has 1 heterocycles. The smallest absolute Gasteiger partial charge is 0.233 e. The molecular weight excluding hydrogens is 388 g/mol. The second kappa shape index (κ2) is 10.4. The lowest BCUT2D eigenvalue weighted by molar-refractivity contribution is -0.120. The molecule has 1 saturated heterocycles. The summed E-state index contributed by atoms with van der Waals surface area (Å²) in [4.78, 5) is 15.8. The van der Waals surface area contributed by atoms with E-state index in [9.17, 15) is 4.79 Å². The van der Waals surface area contributed by atoms with Gasteiger partial charge in [-0.1, -0.05) is 12.1 Å². The van der Waals surface area contributed by atoms with Gasteiger partial charge in [-0.25, -0.2) is 0 Å². The highest BCUT2D eigenvalue weighted by Crippen LogP contribution is 2.33. The fourth-order valence-electron chi connectivity index (χ4n) is 3.13. The van der Waals surface area contributed by atoms with Gasteiger partial charge in [0, 0.05) is 30.2 Å². The van der Waals surface area contributed by atoms with Crippen LogP contribution >= 0.6 is 11.8 Å². The number of carbonyl (C=O) groups excluding carboxylic acids is 1. The molecule has 0 aromatic heterocycles. The van der Waals surface area contributed by atoms with Crippen LogP contribution in [0.3, 0.4) is 0 Å². The summed E-state index contributed by atoms with van der Waals surface area (Å²) in [5.74, 6) is 1.34. The predicted molar refractivity (Wildman–Crippen MR) is 116 cm³/mol. The van der Waals surface area contributed by atoms with Crippen molar-refractivity contribution in [2.24, 2.45) is 0 Å². The van der Waals surface area contributed by atoms with Crippen LogP contribution in [0.5, 0.6) is 11.5 Å². The first-order chi connectivity index (χ1) is 14.1. The van der Waals surface area contributed by atoms with Crippen LogP contribution in [-0.2, 0) is 16.1 Å². The molecule has 156 valence electrons. The van der Waals surface area contributed by atoms with Gasteiger partial charge in [0.2, 0.25) is 5.91 Å². The number of morpholine rings is 1. The van der Waals surface area contributed by atoms with Crippen LogP contribution in [0.25, 0.3) is 0 Å². The zero-order chi connectivity index (χ0) is 20.6. The van der Waals surface area contributed by atoms with Crippen molar-refractivity contribution in [2.45, 2.75) is 23.6 Å². The molecule has 1 aliphatic heterocycles. The molecule has 0 spiro atoms. The van der Waals surface area contributed by atoms with Crippen LogP contribution in [0.2, 0.25) is 0 Å². The van der Waals surface area contributed by atoms with E-state index in [1.54, 1.807) is 14.2 Å². The minimum Gasteiger partial charge on any atom is -0.493 e. The molecule has 1 atom stereocenters. The van der Waals surface area contributed by atoms with Gasteiger partial charge in [-0.2, -0.15) is 0 Å². The third kappa shape index (κ3) is 5.81. The van der Waals surface area contributed by atoms with E-state index in [2.05, 4.69) is 34.5 Å². The van der Waals surface area contributed by atoms with Crippen LogP contribution in [0.1, 0.15) is 12.5 Å². The first kappa shape index (κ1) is 21.3. The monoisotopic (exact) mass is 416 g/mol. The van der Waals surface area contributed by atoms with Gasteiger partial charge in [0.25, 0.3) is 0 Å². The van der Waals surface area contributed by atoms with Crippen LogP contribution in [-0.4, -0.2) is 51.7 Å². The number of hydrogen-bond donors (Lipinski definition) is 1. The van der Waals surface area contributed by atoms with Gasteiger partial charge in [0.1, 0.15) is 0 Å². The molecule has 0 bridgehead atoms. The fourth-order valence-corrected chi connectivity index (χ4v) is 4.05. The largest absolute Gasteiger partial charge is 0.493 e. The van der Waals surface area contributed by atoms with Crippen molar-refractivity contribution >= 4 is 23.4 Å². The van der Waals surface area contributed by atoms with Crippen LogP contribution in [0, 0.1) is 0 Å². The summed E-state index contributed by atoms with van der Waals surface area (Å²) in [5, 5.41) is 2.80. The molecule has 1 N–H and O–H groups in total. The normalized spacial score (nSPS) is 14.9. The van der Waals surface area contributed by atoms with Gasteiger partial charge < -0.3 is 24.4 Å². The highest BCUT2D eigenvalue weighted by atomic mass is 32.2. The van der Waals surface area contributed by atoms with Gasteiger partial charge in [-0.3, -0.25) is 4.79 Å². The van der Waals surface area contributed by atoms with Gasteiger partial charge >= 0.3 is 0 Å². The van der Waals surface area contributed by atoms with Gasteiger partial charge in [0.15, 0.2) is 11.5 Å². The molecule has 1 unspecified atom stereocenters.